The van der Waals surface area contributed by atoms with Gasteiger partial charge in [0.05, 0.1) is 21.9 Å². The summed E-state index contributed by atoms with van der Waals surface area (Å²) in [6.07, 6.45) is 15.2. The molecule has 5 saturated heterocycles. The molecule has 4 aromatic carbocycles. The van der Waals surface area contributed by atoms with E-state index in [1.807, 2.05) is 67.5 Å². The number of phenols is 2. The van der Waals surface area contributed by atoms with E-state index in [4.69, 9.17) is 14.5 Å². The summed E-state index contributed by atoms with van der Waals surface area (Å²) in [5, 5.41) is 28.4. The zero-order chi connectivity index (χ0) is 54.4. The Bertz CT molecular complexity index is 3590. The molecule has 0 bridgehead atoms. The highest BCUT2D eigenvalue weighted by molar-refractivity contribution is 6.01. The smallest absolute Gasteiger partial charge is 0.319 e. The number of aromatic nitrogens is 6. The molecule has 0 unspecified atom stereocenters. The number of phenolic OH excluding ortho intramolecular Hbond substituents is 2. The van der Waals surface area contributed by atoms with Gasteiger partial charge in [-0.05, 0) is 142 Å². The number of anilines is 2. The molecule has 5 aliphatic rings. The van der Waals surface area contributed by atoms with Crippen molar-refractivity contribution >= 4 is 55.0 Å². The molecule has 79 heavy (non-hydrogen) atoms. The van der Waals surface area contributed by atoms with Crippen LogP contribution in [-0.2, 0) is 0 Å². The van der Waals surface area contributed by atoms with E-state index in [0.717, 1.165) is 118 Å². The van der Waals surface area contributed by atoms with Crippen LogP contribution in [0.1, 0.15) is 77.6 Å². The number of aromatic hydroxyl groups is 2. The van der Waals surface area contributed by atoms with E-state index in [1.54, 1.807) is 30.6 Å². The van der Waals surface area contributed by atoms with Crippen LogP contribution < -0.4 is 19.7 Å². The van der Waals surface area contributed by atoms with E-state index < -0.39 is 11.6 Å². The molecular formula is C62H69F2N11O4. The fourth-order valence-corrected chi connectivity index (χ4v) is 13.0. The lowest BCUT2D eigenvalue weighted by Crippen LogP contribution is -2.43. The van der Waals surface area contributed by atoms with E-state index in [0.29, 0.717) is 65.6 Å². The molecule has 0 radical (unpaired) electrons. The molecule has 410 valence electrons. The van der Waals surface area contributed by atoms with Gasteiger partial charge in [0.2, 0.25) is 0 Å². The van der Waals surface area contributed by atoms with Gasteiger partial charge in [0.1, 0.15) is 58.8 Å². The number of piperidine rings is 1. The third-order valence-corrected chi connectivity index (χ3v) is 17.5. The first-order chi connectivity index (χ1) is 38.3. The lowest BCUT2D eigenvalue weighted by molar-refractivity contribution is 0.108. The Labute approximate surface area is 459 Å². The van der Waals surface area contributed by atoms with Crippen molar-refractivity contribution in [1.29, 1.82) is 0 Å². The number of pyridine rings is 2. The Morgan fingerprint density at radius 2 is 1.14 bits per heavy atom. The van der Waals surface area contributed by atoms with Crippen LogP contribution in [-0.4, -0.2) is 139 Å². The maximum atomic E-state index is 16.4. The minimum absolute atomic E-state index is 0.0117. The van der Waals surface area contributed by atoms with Crippen LogP contribution >= 0.6 is 0 Å². The second kappa shape index (κ2) is 21.6. The first-order valence-corrected chi connectivity index (χ1v) is 28.1. The Balaban J connectivity index is 0.000000158. The van der Waals surface area contributed by atoms with E-state index in [1.165, 1.54) is 18.9 Å². The first kappa shape index (κ1) is 52.2. The van der Waals surface area contributed by atoms with Crippen molar-refractivity contribution in [3.05, 3.63) is 109 Å². The van der Waals surface area contributed by atoms with Gasteiger partial charge in [-0.3, -0.25) is 19.8 Å². The highest BCUT2D eigenvalue weighted by Gasteiger charge is 2.46. The van der Waals surface area contributed by atoms with Crippen LogP contribution in [0.4, 0.5) is 20.4 Å². The van der Waals surface area contributed by atoms with Crippen LogP contribution in [0.15, 0.2) is 97.5 Å². The van der Waals surface area contributed by atoms with Gasteiger partial charge < -0.3 is 34.8 Å². The monoisotopic (exact) mass is 1070 g/mol. The number of fused-ring (bicyclic) bond motifs is 6. The molecule has 13 rings (SSSR count). The molecule has 5 aliphatic heterocycles. The van der Waals surface area contributed by atoms with Gasteiger partial charge in [-0.15, -0.1) is 0 Å². The van der Waals surface area contributed by atoms with E-state index >= 15 is 8.78 Å². The molecule has 4 aromatic heterocycles. The highest BCUT2D eigenvalue weighted by Crippen LogP contribution is 2.43. The van der Waals surface area contributed by atoms with E-state index in [-0.39, 0.29) is 57.0 Å². The quantitative estimate of drug-likeness (QED) is 0.0943. The van der Waals surface area contributed by atoms with Gasteiger partial charge in [-0.2, -0.15) is 19.9 Å². The number of hydrogen-bond donors (Lipinski definition) is 3. The topological polar surface area (TPSA) is 161 Å². The molecule has 9 heterocycles. The van der Waals surface area contributed by atoms with Crippen molar-refractivity contribution in [3.63, 3.8) is 0 Å². The molecule has 5 fully saturated rings. The standard InChI is InChI=1S/C31H35FN6O2.C31H34FN5O2/c1-20(37(2)3)10-13-33-29-25-18-34-27(24-17-22(39)16-21-8-4-5-9-23(21)24)26(32)28(25)35-30(36-29)40-19-31-11-6-14-38(31)15-7-12-31;1-20-8-14-36(15-9-20)29-25-18-33-27(24-17-22(38)16-21-6-2-3-7-23(21)24)26(32)28(25)34-30(35-29)39-19-31-10-4-12-37(31)13-5-11-31/h4-5,8-9,16-18,39H,1,6-7,10-15,19H2,2-3H3,(H,33,35,36);2-3,6-7,16-18,20,38H,4-5,8-15,19H2,1H3. The van der Waals surface area contributed by atoms with E-state index in [9.17, 15) is 10.2 Å². The summed E-state index contributed by atoms with van der Waals surface area (Å²) in [6.45, 7) is 14.0. The molecule has 0 spiro atoms. The Morgan fingerprint density at radius 3 is 1.66 bits per heavy atom. The van der Waals surface area contributed by atoms with Crippen LogP contribution in [0, 0.1) is 17.6 Å². The normalized spacial score (nSPS) is 18.0. The van der Waals surface area contributed by atoms with Crippen molar-refractivity contribution in [2.45, 2.75) is 88.6 Å². The minimum atomic E-state index is -0.581. The number of halogens is 2. The molecule has 0 saturated carbocycles. The number of rotatable bonds is 14. The van der Waals surface area contributed by atoms with Crippen LogP contribution in [0.25, 0.3) is 65.9 Å². The van der Waals surface area contributed by atoms with Gasteiger partial charge in [-0.1, -0.05) is 62.0 Å². The summed E-state index contributed by atoms with van der Waals surface area (Å²) in [7, 11) is 3.91. The zero-order valence-corrected chi connectivity index (χ0v) is 45.4. The van der Waals surface area contributed by atoms with Gasteiger partial charge in [0, 0.05) is 69.4 Å². The summed E-state index contributed by atoms with van der Waals surface area (Å²) in [5.41, 5.74) is 2.67. The van der Waals surface area contributed by atoms with Crippen molar-refractivity contribution in [3.8, 4) is 46.0 Å². The molecule has 3 N–H and O–H groups in total. The maximum absolute atomic E-state index is 16.4. The second-order valence-electron chi connectivity index (χ2n) is 22.7. The first-order valence-electron chi connectivity index (χ1n) is 28.1. The van der Waals surface area contributed by atoms with Gasteiger partial charge in [0.15, 0.2) is 11.6 Å². The summed E-state index contributed by atoms with van der Waals surface area (Å²) < 4.78 is 45.4. The Morgan fingerprint density at radius 1 is 0.658 bits per heavy atom. The van der Waals surface area contributed by atoms with Crippen molar-refractivity contribution in [2.24, 2.45) is 5.92 Å². The third kappa shape index (κ3) is 10.2. The van der Waals surface area contributed by atoms with Crippen LogP contribution in [0.3, 0.4) is 0 Å². The summed E-state index contributed by atoms with van der Waals surface area (Å²) in [6, 6.07) is 22.0. The lowest BCUT2D eigenvalue weighted by Gasteiger charge is -2.33. The second-order valence-corrected chi connectivity index (χ2v) is 22.7. The summed E-state index contributed by atoms with van der Waals surface area (Å²) in [4.78, 5) is 37.1. The van der Waals surface area contributed by atoms with Crippen LogP contribution in [0.5, 0.6) is 23.5 Å². The van der Waals surface area contributed by atoms with Crippen LogP contribution in [0.2, 0.25) is 0 Å². The lowest BCUT2D eigenvalue weighted by atomic mass is 9.95. The number of nitrogens with zero attached hydrogens (tertiary/aromatic N) is 10. The minimum Gasteiger partial charge on any atom is -0.508 e. The number of hydrogen-bond acceptors (Lipinski definition) is 15. The average molecular weight is 1070 g/mol. The SMILES string of the molecule is C=C(CCNc1nc(OCC23CCCN2CCC3)nc2c(F)c(-c3cc(O)cc4ccccc34)ncc12)N(C)C.CC1CCN(c2nc(OCC34CCCN3CCC4)nc3c(F)c(-c4cc(O)cc5ccccc45)ncc23)CC1. The molecule has 15 nitrogen and oxygen atoms in total. The van der Waals surface area contributed by atoms with Gasteiger partial charge in [-0.25, -0.2) is 8.78 Å². The van der Waals surface area contributed by atoms with Crippen molar-refractivity contribution < 1.29 is 28.5 Å². The fourth-order valence-electron chi connectivity index (χ4n) is 13.0. The number of nitrogens with one attached hydrogen (secondary N) is 1. The molecule has 17 heteroatoms. The number of benzene rings is 4. The third-order valence-electron chi connectivity index (χ3n) is 17.5. The van der Waals surface area contributed by atoms with Gasteiger partial charge in [0.25, 0.3) is 0 Å². The largest absolute Gasteiger partial charge is 0.508 e. The predicted molar refractivity (Wildman–Crippen MR) is 307 cm³/mol. The molecular weight excluding hydrogens is 1000 g/mol. The molecule has 0 amide bonds. The molecule has 0 atom stereocenters. The predicted octanol–water partition coefficient (Wildman–Crippen LogP) is 11.5. The number of ether oxygens (including phenoxy) is 2. The fraction of sp³-hybridized carbons (Fsp3) is 0.419. The maximum Gasteiger partial charge on any atom is 0.319 e. The van der Waals surface area contributed by atoms with E-state index in [2.05, 4.69) is 58.4 Å². The zero-order valence-electron chi connectivity index (χ0n) is 45.4. The highest BCUT2D eigenvalue weighted by atomic mass is 19.1. The molecule has 8 aromatic rings. The van der Waals surface area contributed by atoms with Crippen molar-refractivity contribution in [2.75, 3.05) is 83.3 Å². The Kier molecular flexibility index (Phi) is 14.3. The summed E-state index contributed by atoms with van der Waals surface area (Å²) in [5.74, 6) is 0.816. The van der Waals surface area contributed by atoms with Gasteiger partial charge >= 0.3 is 12.0 Å². The van der Waals surface area contributed by atoms with Crippen molar-refractivity contribution in [1.82, 2.24) is 44.6 Å². The average Bonchev–Trinajstić information content (AvgIpc) is 4.25. The molecule has 0 aliphatic carbocycles. The Hall–Kier alpha value is -7.50. The summed E-state index contributed by atoms with van der Waals surface area (Å²) >= 11 is 0.